The van der Waals surface area contributed by atoms with Crippen LogP contribution in [0.15, 0.2) is 72.2 Å². The summed E-state index contributed by atoms with van der Waals surface area (Å²) in [5.74, 6) is 0.804. The van der Waals surface area contributed by atoms with Crippen LogP contribution in [0.5, 0.6) is 5.75 Å². The van der Waals surface area contributed by atoms with Crippen LogP contribution in [0.2, 0.25) is 0 Å². The summed E-state index contributed by atoms with van der Waals surface area (Å²) in [5.41, 5.74) is 6.17. The van der Waals surface area contributed by atoms with Crippen molar-refractivity contribution in [2.45, 2.75) is 44.4 Å². The summed E-state index contributed by atoms with van der Waals surface area (Å²) in [6.45, 7) is 8.27. The Bertz CT molecular complexity index is 928. The number of rotatable bonds is 11. The van der Waals surface area contributed by atoms with Gasteiger partial charge in [-0.2, -0.15) is 0 Å². The molecule has 3 rings (SSSR count). The summed E-state index contributed by atoms with van der Waals surface area (Å²) < 4.78 is 11.9. The number of aliphatic hydroxyl groups excluding tert-OH is 1. The highest BCUT2D eigenvalue weighted by atomic mass is 16.5. The summed E-state index contributed by atoms with van der Waals surface area (Å²) >= 11 is 0. The number of carbonyl (C=O) groups excluding carboxylic acids is 1. The van der Waals surface area contributed by atoms with Gasteiger partial charge >= 0.3 is 0 Å². The van der Waals surface area contributed by atoms with E-state index in [9.17, 15) is 4.79 Å². The van der Waals surface area contributed by atoms with Crippen LogP contribution in [0.25, 0.3) is 0 Å². The first kappa shape index (κ1) is 23.5. The zero-order chi connectivity index (χ0) is 23.0. The van der Waals surface area contributed by atoms with E-state index in [4.69, 9.17) is 19.6 Å². The van der Waals surface area contributed by atoms with Gasteiger partial charge in [0.05, 0.1) is 6.61 Å². The quantitative estimate of drug-likeness (QED) is 0.285. The average Bonchev–Trinajstić information content (AvgIpc) is 3.19. The monoisotopic (exact) mass is 437 g/mol. The summed E-state index contributed by atoms with van der Waals surface area (Å²) in [6.07, 6.45) is 1.97. The number of benzene rings is 2. The van der Waals surface area contributed by atoms with Crippen molar-refractivity contribution in [2.75, 3.05) is 13.2 Å². The molecule has 2 aromatic rings. The molecule has 2 atom stereocenters. The third-order valence-electron chi connectivity index (χ3n) is 5.06. The fraction of sp³-hybridized carbons (Fsp3) is 0.360. The number of hydrogen-bond acceptors (Lipinski definition) is 6. The first-order valence-corrected chi connectivity index (χ1v) is 10.8. The summed E-state index contributed by atoms with van der Waals surface area (Å²) in [7, 11) is 0. The molecule has 1 heterocycles. The second-order valence-corrected chi connectivity index (χ2v) is 7.95. The normalized spacial score (nSPS) is 19.9. The van der Waals surface area contributed by atoms with Gasteiger partial charge in [-0.15, -0.1) is 6.58 Å². The Morgan fingerprint density at radius 2 is 1.97 bits per heavy atom. The molecule has 3 N–H and O–H groups in total. The first-order chi connectivity index (χ1) is 15.5. The van der Waals surface area contributed by atoms with E-state index in [0.29, 0.717) is 31.1 Å². The average molecular weight is 438 g/mol. The van der Waals surface area contributed by atoms with Gasteiger partial charge < -0.3 is 14.6 Å². The SMILES string of the molecule is C=CC[C@]1(C(=O)NNC(C)C)N=C(c2ccc(OCCCO)cc2)O[C@H]1c1ccccc1. The summed E-state index contributed by atoms with van der Waals surface area (Å²) in [4.78, 5) is 18.2. The second kappa shape index (κ2) is 10.9. The molecule has 0 aliphatic carbocycles. The van der Waals surface area contributed by atoms with E-state index < -0.39 is 11.6 Å². The Hall–Kier alpha value is -3.16. The molecule has 0 radical (unpaired) electrons. The molecule has 1 aliphatic heterocycles. The number of aliphatic imine (C=N–C) groups is 1. The highest BCUT2D eigenvalue weighted by Crippen LogP contribution is 2.42. The Balaban J connectivity index is 1.94. The Morgan fingerprint density at radius 1 is 1.25 bits per heavy atom. The molecule has 0 bridgehead atoms. The van der Waals surface area contributed by atoms with Crippen LogP contribution in [0, 0.1) is 0 Å². The lowest BCUT2D eigenvalue weighted by atomic mass is 9.84. The second-order valence-electron chi connectivity index (χ2n) is 7.95. The van der Waals surface area contributed by atoms with Crippen LogP contribution in [-0.2, 0) is 9.53 Å². The molecule has 0 unspecified atom stereocenters. The van der Waals surface area contributed by atoms with Crippen LogP contribution in [-0.4, -0.2) is 41.7 Å². The van der Waals surface area contributed by atoms with Gasteiger partial charge in [-0.3, -0.25) is 10.2 Å². The molecular weight excluding hydrogens is 406 g/mol. The maximum Gasteiger partial charge on any atom is 0.266 e. The Labute approximate surface area is 189 Å². The molecule has 2 aromatic carbocycles. The zero-order valence-electron chi connectivity index (χ0n) is 18.6. The molecule has 7 nitrogen and oxygen atoms in total. The molecule has 1 amide bonds. The number of hydrogen-bond donors (Lipinski definition) is 3. The minimum absolute atomic E-state index is 0.0686. The third kappa shape index (κ3) is 5.36. The molecule has 0 aromatic heterocycles. The fourth-order valence-corrected chi connectivity index (χ4v) is 3.48. The van der Waals surface area contributed by atoms with Gasteiger partial charge in [-0.25, -0.2) is 10.4 Å². The zero-order valence-corrected chi connectivity index (χ0v) is 18.6. The standard InChI is InChI=1S/C25H31N3O4/c1-4-15-25(24(30)28-27-18(2)3)22(19-9-6-5-7-10-19)32-23(26-25)20-11-13-21(14-12-20)31-17-8-16-29/h4-7,9-14,18,22,27,29H,1,8,15-17H2,2-3H3,(H,28,30)/t22-,25-/m0/s1. The molecule has 0 saturated carbocycles. The number of aliphatic hydroxyl groups is 1. The number of carbonyl (C=O) groups is 1. The van der Waals surface area contributed by atoms with Crippen LogP contribution in [0.3, 0.4) is 0 Å². The van der Waals surface area contributed by atoms with E-state index in [0.717, 1.165) is 11.1 Å². The van der Waals surface area contributed by atoms with E-state index in [2.05, 4.69) is 17.4 Å². The molecular formula is C25H31N3O4. The minimum atomic E-state index is -1.20. The molecule has 32 heavy (non-hydrogen) atoms. The number of ether oxygens (including phenoxy) is 2. The molecule has 7 heteroatoms. The van der Waals surface area contributed by atoms with E-state index in [1.54, 1.807) is 6.08 Å². The van der Waals surface area contributed by atoms with Gasteiger partial charge in [-0.1, -0.05) is 36.4 Å². The van der Waals surface area contributed by atoms with Gasteiger partial charge in [-0.05, 0) is 43.7 Å². The largest absolute Gasteiger partial charge is 0.494 e. The van der Waals surface area contributed by atoms with Crippen molar-refractivity contribution in [3.8, 4) is 5.75 Å². The van der Waals surface area contributed by atoms with Crippen molar-refractivity contribution in [3.63, 3.8) is 0 Å². The summed E-state index contributed by atoms with van der Waals surface area (Å²) in [5, 5.41) is 8.90. The van der Waals surface area contributed by atoms with E-state index >= 15 is 0 Å². The topological polar surface area (TPSA) is 92.2 Å². The Morgan fingerprint density at radius 3 is 2.59 bits per heavy atom. The van der Waals surface area contributed by atoms with E-state index in [-0.39, 0.29) is 18.6 Å². The molecule has 1 aliphatic rings. The lowest BCUT2D eigenvalue weighted by Gasteiger charge is -2.30. The highest BCUT2D eigenvalue weighted by Gasteiger charge is 2.52. The predicted octanol–water partition coefficient (Wildman–Crippen LogP) is 3.31. The van der Waals surface area contributed by atoms with E-state index in [1.165, 1.54) is 0 Å². The molecule has 0 spiro atoms. The lowest BCUT2D eigenvalue weighted by molar-refractivity contribution is -0.130. The molecule has 0 fully saturated rings. The van der Waals surface area contributed by atoms with Gasteiger partial charge in [0.2, 0.25) is 5.90 Å². The predicted molar refractivity (Wildman–Crippen MR) is 124 cm³/mol. The lowest BCUT2D eigenvalue weighted by Crippen LogP contribution is -2.54. The number of nitrogens with one attached hydrogen (secondary N) is 2. The van der Waals surface area contributed by atoms with Crippen molar-refractivity contribution in [3.05, 3.63) is 78.4 Å². The first-order valence-electron chi connectivity index (χ1n) is 10.8. The van der Waals surface area contributed by atoms with Crippen LogP contribution in [0.4, 0.5) is 0 Å². The summed E-state index contributed by atoms with van der Waals surface area (Å²) in [6, 6.07) is 17.0. The molecule has 0 saturated heterocycles. The van der Waals surface area contributed by atoms with Gasteiger partial charge in [0.25, 0.3) is 5.91 Å². The van der Waals surface area contributed by atoms with Gasteiger partial charge in [0.1, 0.15) is 5.75 Å². The van der Waals surface area contributed by atoms with Crippen molar-refractivity contribution >= 4 is 11.8 Å². The van der Waals surface area contributed by atoms with Crippen LogP contribution >= 0.6 is 0 Å². The number of amides is 1. The molecule has 170 valence electrons. The maximum absolute atomic E-state index is 13.4. The van der Waals surface area contributed by atoms with Crippen molar-refractivity contribution < 1.29 is 19.4 Å². The van der Waals surface area contributed by atoms with Crippen molar-refractivity contribution in [2.24, 2.45) is 4.99 Å². The maximum atomic E-state index is 13.4. The van der Waals surface area contributed by atoms with Gasteiger partial charge in [0, 0.05) is 31.1 Å². The fourth-order valence-electron chi connectivity index (χ4n) is 3.48. The number of hydrazine groups is 1. The van der Waals surface area contributed by atoms with Crippen molar-refractivity contribution in [1.29, 1.82) is 0 Å². The van der Waals surface area contributed by atoms with Crippen molar-refractivity contribution in [1.82, 2.24) is 10.9 Å². The van der Waals surface area contributed by atoms with E-state index in [1.807, 2.05) is 68.4 Å². The highest BCUT2D eigenvalue weighted by molar-refractivity contribution is 6.01. The minimum Gasteiger partial charge on any atom is -0.494 e. The Kier molecular flexibility index (Phi) is 8.03. The van der Waals surface area contributed by atoms with Gasteiger partial charge in [0.15, 0.2) is 11.6 Å². The smallest absolute Gasteiger partial charge is 0.266 e. The number of nitrogens with zero attached hydrogens (tertiary/aromatic N) is 1. The van der Waals surface area contributed by atoms with Crippen LogP contribution in [0.1, 0.15) is 43.9 Å². The van der Waals surface area contributed by atoms with Crippen LogP contribution < -0.4 is 15.6 Å². The third-order valence-corrected chi connectivity index (χ3v) is 5.06.